The second kappa shape index (κ2) is 7.35. The standard InChI is InChI=1S/C19H26N4O2/c1-5-22(11-16-8-9-25-12-16)19(24)18-15(4)20-23(21-18)17-7-6-13(2)10-14(17)3/h6-7,10,16H,5,8-9,11-12H2,1-4H3/t16-/m0/s1. The van der Waals surface area contributed by atoms with Gasteiger partial charge in [-0.3, -0.25) is 4.79 Å². The van der Waals surface area contributed by atoms with Gasteiger partial charge in [0.25, 0.3) is 5.91 Å². The van der Waals surface area contributed by atoms with E-state index in [9.17, 15) is 4.79 Å². The molecule has 1 aliphatic heterocycles. The number of benzene rings is 1. The van der Waals surface area contributed by atoms with Gasteiger partial charge in [0.2, 0.25) is 0 Å². The highest BCUT2D eigenvalue weighted by atomic mass is 16.5. The van der Waals surface area contributed by atoms with Gasteiger partial charge in [0, 0.05) is 25.6 Å². The molecular formula is C19H26N4O2. The monoisotopic (exact) mass is 342 g/mol. The summed E-state index contributed by atoms with van der Waals surface area (Å²) < 4.78 is 5.43. The molecule has 1 amide bonds. The van der Waals surface area contributed by atoms with E-state index in [1.54, 1.807) is 4.80 Å². The third-order valence-corrected chi connectivity index (χ3v) is 4.72. The molecule has 1 aromatic heterocycles. The molecule has 134 valence electrons. The number of hydrogen-bond acceptors (Lipinski definition) is 4. The average molecular weight is 342 g/mol. The van der Waals surface area contributed by atoms with Crippen molar-refractivity contribution in [2.24, 2.45) is 5.92 Å². The topological polar surface area (TPSA) is 60.2 Å². The fourth-order valence-electron chi connectivity index (χ4n) is 3.26. The van der Waals surface area contributed by atoms with Gasteiger partial charge >= 0.3 is 0 Å². The van der Waals surface area contributed by atoms with E-state index in [2.05, 4.69) is 23.2 Å². The molecule has 1 aliphatic rings. The van der Waals surface area contributed by atoms with Gasteiger partial charge in [-0.15, -0.1) is 5.10 Å². The molecule has 6 heteroatoms. The number of aromatic nitrogens is 3. The van der Waals surface area contributed by atoms with Gasteiger partial charge in [0.05, 0.1) is 18.0 Å². The summed E-state index contributed by atoms with van der Waals surface area (Å²) in [5.74, 6) is 0.363. The minimum atomic E-state index is -0.0529. The molecule has 6 nitrogen and oxygen atoms in total. The van der Waals surface area contributed by atoms with Gasteiger partial charge in [-0.25, -0.2) is 0 Å². The van der Waals surface area contributed by atoms with Crippen LogP contribution in [0, 0.1) is 26.7 Å². The zero-order valence-electron chi connectivity index (χ0n) is 15.5. The normalized spacial score (nSPS) is 17.0. The minimum Gasteiger partial charge on any atom is -0.381 e. The van der Waals surface area contributed by atoms with Gasteiger partial charge in [0.15, 0.2) is 5.69 Å². The first kappa shape index (κ1) is 17.6. The third-order valence-electron chi connectivity index (χ3n) is 4.72. The van der Waals surface area contributed by atoms with E-state index in [4.69, 9.17) is 4.74 Å². The van der Waals surface area contributed by atoms with E-state index in [1.807, 2.05) is 37.8 Å². The SMILES string of the molecule is CCN(C[C@@H]1CCOC1)C(=O)c1nn(-c2ccc(C)cc2C)nc1C. The van der Waals surface area contributed by atoms with Crippen molar-refractivity contribution in [3.05, 3.63) is 40.7 Å². The van der Waals surface area contributed by atoms with Crippen LogP contribution in [0.1, 0.15) is 40.7 Å². The number of nitrogens with zero attached hydrogens (tertiary/aromatic N) is 4. The highest BCUT2D eigenvalue weighted by Gasteiger charge is 2.26. The largest absolute Gasteiger partial charge is 0.381 e. The number of ether oxygens (including phenoxy) is 1. The van der Waals surface area contributed by atoms with Crippen molar-refractivity contribution in [3.8, 4) is 5.69 Å². The zero-order chi connectivity index (χ0) is 18.0. The summed E-state index contributed by atoms with van der Waals surface area (Å²) >= 11 is 0. The summed E-state index contributed by atoms with van der Waals surface area (Å²) in [7, 11) is 0. The molecular weight excluding hydrogens is 316 g/mol. The molecule has 0 spiro atoms. The predicted octanol–water partition coefficient (Wildman–Crippen LogP) is 2.69. The average Bonchev–Trinajstić information content (AvgIpc) is 3.21. The zero-order valence-corrected chi connectivity index (χ0v) is 15.5. The molecule has 25 heavy (non-hydrogen) atoms. The lowest BCUT2D eigenvalue weighted by molar-refractivity contribution is 0.0723. The first-order valence-electron chi connectivity index (χ1n) is 8.88. The number of aryl methyl sites for hydroxylation is 3. The molecule has 2 heterocycles. The fraction of sp³-hybridized carbons (Fsp3) is 0.526. The molecule has 0 unspecified atom stereocenters. The summed E-state index contributed by atoms with van der Waals surface area (Å²) in [5, 5.41) is 8.97. The van der Waals surface area contributed by atoms with E-state index in [0.717, 1.165) is 30.9 Å². The van der Waals surface area contributed by atoms with Crippen LogP contribution in [0.2, 0.25) is 0 Å². The van der Waals surface area contributed by atoms with Crippen molar-refractivity contribution in [3.63, 3.8) is 0 Å². The summed E-state index contributed by atoms with van der Waals surface area (Å²) in [6, 6.07) is 6.11. The van der Waals surface area contributed by atoms with Crippen LogP contribution in [0.3, 0.4) is 0 Å². The molecule has 0 radical (unpaired) electrons. The van der Waals surface area contributed by atoms with Crippen LogP contribution in [0.15, 0.2) is 18.2 Å². The molecule has 1 fully saturated rings. The second-order valence-corrected chi connectivity index (χ2v) is 6.79. The Morgan fingerprint density at radius 1 is 1.32 bits per heavy atom. The number of rotatable bonds is 5. The molecule has 0 bridgehead atoms. The Kier molecular flexibility index (Phi) is 5.18. The van der Waals surface area contributed by atoms with Gasteiger partial charge in [0.1, 0.15) is 0 Å². The lowest BCUT2D eigenvalue weighted by atomic mass is 10.1. The van der Waals surface area contributed by atoms with E-state index in [1.165, 1.54) is 5.56 Å². The van der Waals surface area contributed by atoms with E-state index >= 15 is 0 Å². The molecule has 2 aromatic rings. The number of carbonyl (C=O) groups excluding carboxylic acids is 1. The summed E-state index contributed by atoms with van der Waals surface area (Å²) in [5.41, 5.74) is 4.27. The Morgan fingerprint density at radius 3 is 2.76 bits per heavy atom. The lowest BCUT2D eigenvalue weighted by Crippen LogP contribution is -2.36. The first-order valence-corrected chi connectivity index (χ1v) is 8.88. The van der Waals surface area contributed by atoms with Crippen molar-refractivity contribution in [2.75, 3.05) is 26.3 Å². The first-order chi connectivity index (χ1) is 12.0. The number of hydrogen-bond donors (Lipinski definition) is 0. The Bertz CT molecular complexity index is 763. The molecule has 3 rings (SSSR count). The van der Waals surface area contributed by atoms with E-state index < -0.39 is 0 Å². The van der Waals surface area contributed by atoms with Gasteiger partial charge in [-0.1, -0.05) is 17.7 Å². The lowest BCUT2D eigenvalue weighted by Gasteiger charge is -2.22. The third kappa shape index (κ3) is 3.74. The van der Waals surface area contributed by atoms with E-state index in [-0.39, 0.29) is 5.91 Å². The second-order valence-electron chi connectivity index (χ2n) is 6.79. The number of carbonyl (C=O) groups is 1. The highest BCUT2D eigenvalue weighted by molar-refractivity contribution is 5.93. The molecule has 1 saturated heterocycles. The number of amides is 1. The van der Waals surface area contributed by atoms with Crippen LogP contribution in [-0.2, 0) is 4.74 Å². The van der Waals surface area contributed by atoms with Crippen molar-refractivity contribution in [2.45, 2.75) is 34.1 Å². The maximum Gasteiger partial charge on any atom is 0.276 e. The van der Waals surface area contributed by atoms with Crippen LogP contribution in [-0.4, -0.2) is 52.1 Å². The summed E-state index contributed by atoms with van der Waals surface area (Å²) in [6.07, 6.45) is 1.01. The Morgan fingerprint density at radius 2 is 2.12 bits per heavy atom. The van der Waals surface area contributed by atoms with Crippen molar-refractivity contribution >= 4 is 5.91 Å². The molecule has 0 aliphatic carbocycles. The van der Waals surface area contributed by atoms with Gasteiger partial charge < -0.3 is 9.64 Å². The van der Waals surface area contributed by atoms with Crippen molar-refractivity contribution in [1.82, 2.24) is 19.9 Å². The van der Waals surface area contributed by atoms with E-state index in [0.29, 0.717) is 30.4 Å². The molecule has 0 N–H and O–H groups in total. The van der Waals surface area contributed by atoms with Crippen molar-refractivity contribution < 1.29 is 9.53 Å². The van der Waals surface area contributed by atoms with Gasteiger partial charge in [-0.2, -0.15) is 9.90 Å². The highest BCUT2D eigenvalue weighted by Crippen LogP contribution is 2.18. The van der Waals surface area contributed by atoms with Crippen LogP contribution in [0.5, 0.6) is 0 Å². The predicted molar refractivity (Wildman–Crippen MR) is 96.1 cm³/mol. The Balaban J connectivity index is 1.84. The summed E-state index contributed by atoms with van der Waals surface area (Å²) in [4.78, 5) is 16.4. The van der Waals surface area contributed by atoms with Crippen LogP contribution in [0.25, 0.3) is 5.69 Å². The molecule has 1 aromatic carbocycles. The van der Waals surface area contributed by atoms with Gasteiger partial charge in [-0.05, 0) is 45.7 Å². The smallest absolute Gasteiger partial charge is 0.276 e. The van der Waals surface area contributed by atoms with Crippen LogP contribution >= 0.6 is 0 Å². The minimum absolute atomic E-state index is 0.0529. The van der Waals surface area contributed by atoms with Crippen LogP contribution < -0.4 is 0 Å². The quantitative estimate of drug-likeness (QED) is 0.838. The molecule has 1 atom stereocenters. The van der Waals surface area contributed by atoms with Crippen molar-refractivity contribution in [1.29, 1.82) is 0 Å². The maximum absolute atomic E-state index is 12.9. The van der Waals surface area contributed by atoms with Crippen LogP contribution in [0.4, 0.5) is 0 Å². The maximum atomic E-state index is 12.9. The summed E-state index contributed by atoms with van der Waals surface area (Å²) in [6.45, 7) is 10.8. The molecule has 0 saturated carbocycles. The Hall–Kier alpha value is -2.21. The fourth-order valence-corrected chi connectivity index (χ4v) is 3.26. The Labute approximate surface area is 148 Å².